The van der Waals surface area contributed by atoms with Crippen molar-refractivity contribution in [1.82, 2.24) is 0 Å². The summed E-state index contributed by atoms with van der Waals surface area (Å²) in [7, 11) is 1.54. The lowest BCUT2D eigenvalue weighted by molar-refractivity contribution is -0.170. The SMILES string of the molecule is CCOC(=O)C(C)(C)C(C)(O)c1cc(C)ccc1OC. The lowest BCUT2D eigenvalue weighted by Gasteiger charge is -2.39. The topological polar surface area (TPSA) is 55.8 Å². The van der Waals surface area contributed by atoms with Crippen LogP contribution in [-0.4, -0.2) is 24.8 Å². The van der Waals surface area contributed by atoms with Crippen molar-refractivity contribution in [3.63, 3.8) is 0 Å². The van der Waals surface area contributed by atoms with Crippen molar-refractivity contribution in [2.75, 3.05) is 13.7 Å². The Kier molecular flexibility index (Phi) is 4.81. The zero-order chi connectivity index (χ0) is 15.6. The molecule has 0 spiro atoms. The van der Waals surface area contributed by atoms with E-state index in [2.05, 4.69) is 0 Å². The molecular formula is C16H24O4. The van der Waals surface area contributed by atoms with E-state index in [1.54, 1.807) is 40.9 Å². The summed E-state index contributed by atoms with van der Waals surface area (Å²) in [5.41, 5.74) is -0.931. The Labute approximate surface area is 120 Å². The molecular weight excluding hydrogens is 256 g/mol. The molecule has 0 saturated heterocycles. The van der Waals surface area contributed by atoms with Gasteiger partial charge in [0.05, 0.1) is 19.1 Å². The van der Waals surface area contributed by atoms with Crippen molar-refractivity contribution in [3.05, 3.63) is 29.3 Å². The summed E-state index contributed by atoms with van der Waals surface area (Å²) in [5.74, 6) is 0.117. The summed E-state index contributed by atoms with van der Waals surface area (Å²) in [6, 6.07) is 5.52. The highest BCUT2D eigenvalue weighted by Gasteiger charge is 2.49. The number of hydrogen-bond acceptors (Lipinski definition) is 4. The second kappa shape index (κ2) is 5.83. The van der Waals surface area contributed by atoms with Crippen LogP contribution in [0.15, 0.2) is 18.2 Å². The summed E-state index contributed by atoms with van der Waals surface area (Å²) in [6.07, 6.45) is 0. The average molecular weight is 280 g/mol. The van der Waals surface area contributed by atoms with Crippen molar-refractivity contribution in [3.8, 4) is 5.75 Å². The number of esters is 1. The van der Waals surface area contributed by atoms with Crippen LogP contribution in [0.4, 0.5) is 0 Å². The maximum Gasteiger partial charge on any atom is 0.314 e. The van der Waals surface area contributed by atoms with Crippen LogP contribution >= 0.6 is 0 Å². The first-order valence-corrected chi connectivity index (χ1v) is 6.73. The standard InChI is InChI=1S/C16H24O4/c1-7-20-14(17)15(3,4)16(5,18)12-10-11(2)8-9-13(12)19-6/h8-10,18H,7H2,1-6H3. The van der Waals surface area contributed by atoms with Crippen LogP contribution in [-0.2, 0) is 15.1 Å². The first-order chi connectivity index (χ1) is 9.18. The third kappa shape index (κ3) is 2.80. The Morgan fingerprint density at radius 1 is 1.30 bits per heavy atom. The first kappa shape index (κ1) is 16.5. The molecule has 0 bridgehead atoms. The quantitative estimate of drug-likeness (QED) is 0.843. The third-order valence-corrected chi connectivity index (χ3v) is 3.88. The van der Waals surface area contributed by atoms with Crippen molar-refractivity contribution in [1.29, 1.82) is 0 Å². The molecule has 0 fully saturated rings. The Bertz CT molecular complexity index is 489. The predicted octanol–water partition coefficient (Wildman–Crippen LogP) is 2.80. The molecule has 1 atom stereocenters. The Balaban J connectivity index is 3.34. The van der Waals surface area contributed by atoms with Crippen molar-refractivity contribution in [2.45, 2.75) is 40.2 Å². The van der Waals surface area contributed by atoms with E-state index in [9.17, 15) is 9.90 Å². The number of ether oxygens (including phenoxy) is 2. The molecule has 1 aromatic carbocycles. The number of benzene rings is 1. The fraction of sp³-hybridized carbons (Fsp3) is 0.562. The molecule has 0 aliphatic rings. The molecule has 4 nitrogen and oxygen atoms in total. The van der Waals surface area contributed by atoms with Gasteiger partial charge in [-0.3, -0.25) is 4.79 Å². The number of methoxy groups -OCH3 is 1. The third-order valence-electron chi connectivity index (χ3n) is 3.88. The molecule has 1 unspecified atom stereocenters. The van der Waals surface area contributed by atoms with E-state index in [1.807, 2.05) is 19.1 Å². The number of carbonyl (C=O) groups is 1. The molecule has 0 amide bonds. The lowest BCUT2D eigenvalue weighted by Crippen LogP contribution is -2.46. The summed E-state index contributed by atoms with van der Waals surface area (Å²) < 4.78 is 10.4. The number of rotatable bonds is 5. The van der Waals surface area contributed by atoms with Gasteiger partial charge in [-0.25, -0.2) is 0 Å². The van der Waals surface area contributed by atoms with Crippen molar-refractivity contribution >= 4 is 5.97 Å². The minimum absolute atomic E-state index is 0.281. The van der Waals surface area contributed by atoms with E-state index in [4.69, 9.17) is 9.47 Å². The van der Waals surface area contributed by atoms with Gasteiger partial charge in [0.2, 0.25) is 0 Å². The normalized spacial score (nSPS) is 14.6. The van der Waals surface area contributed by atoms with Gasteiger partial charge in [-0.2, -0.15) is 0 Å². The largest absolute Gasteiger partial charge is 0.496 e. The Hall–Kier alpha value is -1.55. The van der Waals surface area contributed by atoms with Gasteiger partial charge in [-0.05, 0) is 46.8 Å². The highest BCUT2D eigenvalue weighted by molar-refractivity contribution is 5.78. The summed E-state index contributed by atoms with van der Waals surface area (Å²) in [5, 5.41) is 11.0. The Morgan fingerprint density at radius 3 is 2.40 bits per heavy atom. The zero-order valence-electron chi connectivity index (χ0n) is 13.1. The summed E-state index contributed by atoms with van der Waals surface area (Å²) >= 11 is 0. The van der Waals surface area contributed by atoms with Crippen molar-refractivity contribution in [2.24, 2.45) is 5.41 Å². The molecule has 0 saturated carbocycles. The molecule has 0 aromatic heterocycles. The second-order valence-corrected chi connectivity index (χ2v) is 5.62. The summed E-state index contributed by atoms with van der Waals surface area (Å²) in [6.45, 7) is 8.91. The summed E-state index contributed by atoms with van der Waals surface area (Å²) in [4.78, 5) is 12.1. The van der Waals surface area contributed by atoms with Gasteiger partial charge in [-0.1, -0.05) is 11.6 Å². The number of aliphatic hydroxyl groups is 1. The molecule has 1 N–H and O–H groups in total. The van der Waals surface area contributed by atoms with E-state index in [-0.39, 0.29) is 6.61 Å². The van der Waals surface area contributed by atoms with Gasteiger partial charge in [-0.15, -0.1) is 0 Å². The van der Waals surface area contributed by atoms with Gasteiger partial charge in [0.15, 0.2) is 0 Å². The average Bonchev–Trinajstić information content (AvgIpc) is 2.38. The molecule has 1 aromatic rings. The monoisotopic (exact) mass is 280 g/mol. The van der Waals surface area contributed by atoms with E-state index < -0.39 is 17.0 Å². The van der Waals surface area contributed by atoms with Crippen LogP contribution in [0.1, 0.15) is 38.8 Å². The lowest BCUT2D eigenvalue weighted by atomic mass is 9.71. The molecule has 1 rings (SSSR count). The van der Waals surface area contributed by atoms with Crippen LogP contribution < -0.4 is 4.74 Å². The minimum Gasteiger partial charge on any atom is -0.496 e. The first-order valence-electron chi connectivity index (χ1n) is 6.73. The second-order valence-electron chi connectivity index (χ2n) is 5.62. The van der Waals surface area contributed by atoms with Crippen LogP contribution in [0.3, 0.4) is 0 Å². The fourth-order valence-corrected chi connectivity index (χ4v) is 2.05. The maximum atomic E-state index is 12.1. The van der Waals surface area contributed by atoms with E-state index in [0.29, 0.717) is 11.3 Å². The molecule has 0 radical (unpaired) electrons. The Morgan fingerprint density at radius 2 is 1.90 bits per heavy atom. The smallest absolute Gasteiger partial charge is 0.314 e. The number of carbonyl (C=O) groups excluding carboxylic acids is 1. The van der Waals surface area contributed by atoms with Gasteiger partial charge >= 0.3 is 5.97 Å². The van der Waals surface area contributed by atoms with Gasteiger partial charge in [0, 0.05) is 5.56 Å². The molecule has 0 heterocycles. The van der Waals surface area contributed by atoms with Crippen LogP contribution in [0.25, 0.3) is 0 Å². The molecule has 20 heavy (non-hydrogen) atoms. The van der Waals surface area contributed by atoms with Gasteiger partial charge in [0.1, 0.15) is 11.4 Å². The number of aryl methyl sites for hydroxylation is 1. The highest BCUT2D eigenvalue weighted by atomic mass is 16.5. The maximum absolute atomic E-state index is 12.1. The molecule has 112 valence electrons. The predicted molar refractivity (Wildman–Crippen MR) is 77.7 cm³/mol. The number of hydrogen-bond donors (Lipinski definition) is 1. The fourth-order valence-electron chi connectivity index (χ4n) is 2.05. The van der Waals surface area contributed by atoms with Gasteiger partial charge in [0.25, 0.3) is 0 Å². The molecule has 0 aliphatic heterocycles. The van der Waals surface area contributed by atoms with E-state index in [0.717, 1.165) is 5.56 Å². The van der Waals surface area contributed by atoms with Gasteiger partial charge < -0.3 is 14.6 Å². The highest BCUT2D eigenvalue weighted by Crippen LogP contribution is 2.44. The minimum atomic E-state index is -1.41. The zero-order valence-corrected chi connectivity index (χ0v) is 13.1. The van der Waals surface area contributed by atoms with E-state index >= 15 is 0 Å². The molecule has 4 heteroatoms. The van der Waals surface area contributed by atoms with Crippen molar-refractivity contribution < 1.29 is 19.4 Å². The van der Waals surface area contributed by atoms with Crippen LogP contribution in [0.5, 0.6) is 5.75 Å². The van der Waals surface area contributed by atoms with E-state index in [1.165, 1.54) is 0 Å². The molecule has 0 aliphatic carbocycles. The van der Waals surface area contributed by atoms with Crippen LogP contribution in [0, 0.1) is 12.3 Å². The van der Waals surface area contributed by atoms with Crippen LogP contribution in [0.2, 0.25) is 0 Å².